The van der Waals surface area contributed by atoms with E-state index < -0.39 is 0 Å². The van der Waals surface area contributed by atoms with Gasteiger partial charge in [0.05, 0.1) is 6.04 Å². The number of nitrogens with two attached hydrogens (primary N) is 1. The molecule has 0 aliphatic carbocycles. The second-order valence-corrected chi connectivity index (χ2v) is 6.37. The minimum atomic E-state index is 0.0931. The summed E-state index contributed by atoms with van der Waals surface area (Å²) in [6, 6.07) is 8.46. The lowest BCUT2D eigenvalue weighted by atomic mass is 9.93. The highest BCUT2D eigenvalue weighted by atomic mass is 16.1. The van der Waals surface area contributed by atoms with Crippen LogP contribution >= 0.6 is 0 Å². The van der Waals surface area contributed by atoms with Crippen molar-refractivity contribution >= 4 is 5.91 Å². The van der Waals surface area contributed by atoms with Gasteiger partial charge in [-0.3, -0.25) is 4.79 Å². The fraction of sp³-hybridized carbons (Fsp3) is 0.611. The van der Waals surface area contributed by atoms with E-state index in [-0.39, 0.29) is 17.9 Å². The van der Waals surface area contributed by atoms with E-state index in [1.807, 2.05) is 0 Å². The third-order valence-corrected chi connectivity index (χ3v) is 3.84. The molecule has 1 amide bonds. The number of aryl methyl sites for hydroxylation is 1. The lowest BCUT2D eigenvalue weighted by molar-refractivity contribution is -0.122. The first kappa shape index (κ1) is 17.7. The zero-order chi connectivity index (χ0) is 15.8. The maximum atomic E-state index is 12.2. The number of carbonyl (C=O) groups excluding carboxylic acids is 1. The van der Waals surface area contributed by atoms with Crippen LogP contribution in [-0.4, -0.2) is 12.5 Å². The Kier molecular flexibility index (Phi) is 7.44. The van der Waals surface area contributed by atoms with Gasteiger partial charge in [-0.05, 0) is 43.7 Å². The molecule has 0 heterocycles. The number of nitrogens with one attached hydrogen (secondary N) is 1. The molecule has 3 N–H and O–H groups in total. The Morgan fingerprint density at radius 1 is 1.24 bits per heavy atom. The molecule has 1 aromatic rings. The zero-order valence-electron chi connectivity index (χ0n) is 13.9. The molecule has 0 radical (unpaired) electrons. The normalized spacial score (nSPS) is 14.0. The van der Waals surface area contributed by atoms with E-state index in [1.54, 1.807) is 0 Å². The average molecular weight is 290 g/mol. The summed E-state index contributed by atoms with van der Waals surface area (Å²) in [6.45, 7) is 9.08. The number of benzene rings is 1. The van der Waals surface area contributed by atoms with Gasteiger partial charge < -0.3 is 11.1 Å². The van der Waals surface area contributed by atoms with E-state index in [2.05, 4.69) is 57.3 Å². The van der Waals surface area contributed by atoms with Gasteiger partial charge in [0, 0.05) is 6.42 Å². The first-order valence-electron chi connectivity index (χ1n) is 8.02. The van der Waals surface area contributed by atoms with E-state index in [0.29, 0.717) is 18.9 Å². The summed E-state index contributed by atoms with van der Waals surface area (Å²) in [5, 5.41) is 3.15. The predicted octanol–water partition coefficient (Wildman–Crippen LogP) is 3.57. The van der Waals surface area contributed by atoms with Crippen LogP contribution in [0.4, 0.5) is 0 Å². The maximum absolute atomic E-state index is 12.2. The quantitative estimate of drug-likeness (QED) is 0.769. The van der Waals surface area contributed by atoms with E-state index in [0.717, 1.165) is 12.8 Å². The SMILES string of the molecule is CCC(NC(=O)CC(CN)CC(C)C)c1ccc(C)cc1. The van der Waals surface area contributed by atoms with Crippen LogP contribution in [0.2, 0.25) is 0 Å². The van der Waals surface area contributed by atoms with E-state index in [9.17, 15) is 4.79 Å². The number of hydrogen-bond acceptors (Lipinski definition) is 2. The third kappa shape index (κ3) is 6.30. The van der Waals surface area contributed by atoms with Crippen molar-refractivity contribution in [3.05, 3.63) is 35.4 Å². The van der Waals surface area contributed by atoms with Crippen LogP contribution < -0.4 is 11.1 Å². The van der Waals surface area contributed by atoms with Gasteiger partial charge in [0.15, 0.2) is 0 Å². The van der Waals surface area contributed by atoms with Gasteiger partial charge in [-0.2, -0.15) is 0 Å². The second-order valence-electron chi connectivity index (χ2n) is 6.37. The smallest absolute Gasteiger partial charge is 0.220 e. The lowest BCUT2D eigenvalue weighted by Crippen LogP contribution is -2.31. The van der Waals surface area contributed by atoms with Gasteiger partial charge in [-0.25, -0.2) is 0 Å². The Balaban J connectivity index is 2.60. The van der Waals surface area contributed by atoms with Gasteiger partial charge in [-0.15, -0.1) is 0 Å². The fourth-order valence-electron chi connectivity index (χ4n) is 2.66. The van der Waals surface area contributed by atoms with Crippen molar-refractivity contribution in [3.63, 3.8) is 0 Å². The van der Waals surface area contributed by atoms with Crippen molar-refractivity contribution < 1.29 is 4.79 Å². The molecule has 1 rings (SSSR count). The first-order valence-corrected chi connectivity index (χ1v) is 8.02. The van der Waals surface area contributed by atoms with Crippen molar-refractivity contribution in [2.75, 3.05) is 6.54 Å². The molecule has 0 fully saturated rings. The summed E-state index contributed by atoms with van der Waals surface area (Å²) in [5.74, 6) is 0.962. The Morgan fingerprint density at radius 2 is 1.86 bits per heavy atom. The number of amides is 1. The number of carbonyl (C=O) groups is 1. The van der Waals surface area contributed by atoms with Crippen molar-refractivity contribution in [1.29, 1.82) is 0 Å². The summed E-state index contributed by atoms with van der Waals surface area (Å²) in [5.41, 5.74) is 8.19. The van der Waals surface area contributed by atoms with E-state index >= 15 is 0 Å². The van der Waals surface area contributed by atoms with Gasteiger partial charge in [0.25, 0.3) is 0 Å². The van der Waals surface area contributed by atoms with Crippen molar-refractivity contribution in [2.24, 2.45) is 17.6 Å². The molecule has 0 saturated carbocycles. The number of hydrogen-bond donors (Lipinski definition) is 2. The van der Waals surface area contributed by atoms with Crippen LogP contribution in [0.1, 0.15) is 57.2 Å². The predicted molar refractivity (Wildman–Crippen MR) is 89.0 cm³/mol. The van der Waals surface area contributed by atoms with Crippen molar-refractivity contribution in [1.82, 2.24) is 5.32 Å². The molecule has 3 heteroatoms. The largest absolute Gasteiger partial charge is 0.349 e. The molecule has 0 saturated heterocycles. The molecule has 0 bridgehead atoms. The summed E-state index contributed by atoms with van der Waals surface area (Å²) in [6.07, 6.45) is 2.43. The lowest BCUT2D eigenvalue weighted by Gasteiger charge is -2.21. The minimum Gasteiger partial charge on any atom is -0.349 e. The number of rotatable bonds is 8. The summed E-state index contributed by atoms with van der Waals surface area (Å²) in [4.78, 5) is 12.2. The molecule has 0 aromatic heterocycles. The molecular formula is C18H30N2O. The molecule has 1 aromatic carbocycles. The van der Waals surface area contributed by atoms with Crippen molar-refractivity contribution in [2.45, 2.75) is 53.0 Å². The first-order chi connectivity index (χ1) is 9.96. The molecular weight excluding hydrogens is 260 g/mol. The van der Waals surface area contributed by atoms with Crippen LogP contribution in [-0.2, 0) is 4.79 Å². The monoisotopic (exact) mass is 290 g/mol. The Labute approximate surface area is 129 Å². The minimum absolute atomic E-state index is 0.0931. The van der Waals surface area contributed by atoms with Crippen LogP contribution in [0.5, 0.6) is 0 Å². The molecule has 21 heavy (non-hydrogen) atoms. The summed E-state index contributed by atoms with van der Waals surface area (Å²) in [7, 11) is 0. The summed E-state index contributed by atoms with van der Waals surface area (Å²) < 4.78 is 0. The molecule has 0 aliphatic heterocycles. The van der Waals surface area contributed by atoms with E-state index in [1.165, 1.54) is 11.1 Å². The Morgan fingerprint density at radius 3 is 2.33 bits per heavy atom. The summed E-state index contributed by atoms with van der Waals surface area (Å²) >= 11 is 0. The molecule has 118 valence electrons. The average Bonchev–Trinajstić information content (AvgIpc) is 2.44. The molecule has 2 unspecified atom stereocenters. The Hall–Kier alpha value is -1.35. The van der Waals surface area contributed by atoms with Crippen LogP contribution in [0.3, 0.4) is 0 Å². The molecule has 0 spiro atoms. The van der Waals surface area contributed by atoms with Crippen LogP contribution in [0.25, 0.3) is 0 Å². The van der Waals surface area contributed by atoms with Crippen LogP contribution in [0, 0.1) is 18.8 Å². The highest BCUT2D eigenvalue weighted by molar-refractivity contribution is 5.76. The molecule has 0 aliphatic rings. The standard InChI is InChI=1S/C18H30N2O/c1-5-17(16-8-6-14(4)7-9-16)20-18(21)11-15(12-19)10-13(2)3/h6-9,13,15,17H,5,10-12,19H2,1-4H3,(H,20,21). The van der Waals surface area contributed by atoms with Crippen molar-refractivity contribution in [3.8, 4) is 0 Å². The maximum Gasteiger partial charge on any atom is 0.220 e. The highest BCUT2D eigenvalue weighted by Crippen LogP contribution is 2.19. The Bertz CT molecular complexity index is 425. The van der Waals surface area contributed by atoms with Crippen LogP contribution in [0.15, 0.2) is 24.3 Å². The highest BCUT2D eigenvalue weighted by Gasteiger charge is 2.17. The van der Waals surface area contributed by atoms with Gasteiger partial charge >= 0.3 is 0 Å². The van der Waals surface area contributed by atoms with Gasteiger partial charge in [-0.1, -0.05) is 50.6 Å². The molecule has 3 nitrogen and oxygen atoms in total. The third-order valence-electron chi connectivity index (χ3n) is 3.84. The van der Waals surface area contributed by atoms with Gasteiger partial charge in [0.2, 0.25) is 5.91 Å². The second kappa shape index (κ2) is 8.83. The zero-order valence-corrected chi connectivity index (χ0v) is 13.9. The van der Waals surface area contributed by atoms with Gasteiger partial charge in [0.1, 0.15) is 0 Å². The fourth-order valence-corrected chi connectivity index (χ4v) is 2.66. The molecule has 2 atom stereocenters. The topological polar surface area (TPSA) is 55.1 Å². The van der Waals surface area contributed by atoms with E-state index in [4.69, 9.17) is 5.73 Å².